The highest BCUT2D eigenvalue weighted by atomic mass is 32.2. The third-order valence-electron chi connectivity index (χ3n) is 5.36. The summed E-state index contributed by atoms with van der Waals surface area (Å²) in [5.74, 6) is 1.03. The molecule has 0 saturated heterocycles. The van der Waals surface area contributed by atoms with Crippen LogP contribution in [0, 0.1) is 6.92 Å². The average Bonchev–Trinajstić information content (AvgIpc) is 2.81. The van der Waals surface area contributed by atoms with Crippen molar-refractivity contribution in [3.63, 3.8) is 0 Å². The van der Waals surface area contributed by atoms with Gasteiger partial charge in [-0.25, -0.2) is 0 Å². The molecule has 116 valence electrons. The SMILES string of the molecule is CSC1CCC(NC2CC(C)c3c(C)ccc(O)c32)CC1. The highest BCUT2D eigenvalue weighted by molar-refractivity contribution is 7.99. The molecule has 3 heteroatoms. The molecule has 0 amide bonds. The van der Waals surface area contributed by atoms with Crippen molar-refractivity contribution < 1.29 is 5.11 Å². The standard InChI is InChI=1S/C18H27NOS/c1-11-4-9-16(20)18-15(10-12(2)17(11)18)19-13-5-7-14(21-3)8-6-13/h4,9,12-15,19-20H,5-8,10H2,1-3H3. The lowest BCUT2D eigenvalue weighted by Crippen LogP contribution is -2.35. The summed E-state index contributed by atoms with van der Waals surface area (Å²) in [5, 5.41) is 15.0. The van der Waals surface area contributed by atoms with Gasteiger partial charge in [0.1, 0.15) is 5.75 Å². The molecular formula is C18H27NOS. The fourth-order valence-electron chi connectivity index (χ4n) is 4.24. The first kappa shape index (κ1) is 15.2. The van der Waals surface area contributed by atoms with E-state index in [0.717, 1.165) is 11.7 Å². The van der Waals surface area contributed by atoms with Gasteiger partial charge in [-0.05, 0) is 68.4 Å². The Balaban J connectivity index is 1.74. The lowest BCUT2D eigenvalue weighted by atomic mass is 9.93. The van der Waals surface area contributed by atoms with Crippen molar-refractivity contribution >= 4 is 11.8 Å². The minimum Gasteiger partial charge on any atom is -0.508 e. The van der Waals surface area contributed by atoms with Gasteiger partial charge in [-0.15, -0.1) is 0 Å². The van der Waals surface area contributed by atoms with E-state index in [-0.39, 0.29) is 0 Å². The number of benzene rings is 1. The Morgan fingerprint density at radius 3 is 2.52 bits per heavy atom. The van der Waals surface area contributed by atoms with Gasteiger partial charge in [-0.2, -0.15) is 11.8 Å². The van der Waals surface area contributed by atoms with E-state index in [9.17, 15) is 5.11 Å². The van der Waals surface area contributed by atoms with E-state index in [0.29, 0.717) is 23.8 Å². The maximum atomic E-state index is 10.3. The summed E-state index contributed by atoms with van der Waals surface area (Å²) in [4.78, 5) is 0. The van der Waals surface area contributed by atoms with Crippen molar-refractivity contribution in [3.05, 3.63) is 28.8 Å². The van der Waals surface area contributed by atoms with Gasteiger partial charge in [0.25, 0.3) is 0 Å². The zero-order chi connectivity index (χ0) is 15.0. The first-order valence-electron chi connectivity index (χ1n) is 8.21. The van der Waals surface area contributed by atoms with Crippen molar-refractivity contribution in [1.29, 1.82) is 0 Å². The zero-order valence-corrected chi connectivity index (χ0v) is 14.2. The van der Waals surface area contributed by atoms with Crippen LogP contribution in [0.25, 0.3) is 0 Å². The Labute approximate surface area is 132 Å². The van der Waals surface area contributed by atoms with Gasteiger partial charge < -0.3 is 10.4 Å². The fraction of sp³-hybridized carbons (Fsp3) is 0.667. The van der Waals surface area contributed by atoms with Crippen LogP contribution >= 0.6 is 11.8 Å². The molecule has 21 heavy (non-hydrogen) atoms. The average molecular weight is 305 g/mol. The van der Waals surface area contributed by atoms with Crippen molar-refractivity contribution in [2.24, 2.45) is 0 Å². The molecule has 1 aromatic carbocycles. The topological polar surface area (TPSA) is 32.3 Å². The van der Waals surface area contributed by atoms with Gasteiger partial charge in [0, 0.05) is 22.9 Å². The first-order chi connectivity index (χ1) is 10.1. The third-order valence-corrected chi connectivity index (χ3v) is 6.50. The van der Waals surface area contributed by atoms with Gasteiger partial charge in [0.2, 0.25) is 0 Å². The van der Waals surface area contributed by atoms with Crippen LogP contribution in [0.3, 0.4) is 0 Å². The smallest absolute Gasteiger partial charge is 0.120 e. The predicted molar refractivity (Wildman–Crippen MR) is 91.3 cm³/mol. The monoisotopic (exact) mass is 305 g/mol. The van der Waals surface area contributed by atoms with Crippen LogP contribution in [0.1, 0.15) is 67.7 Å². The number of rotatable bonds is 3. The van der Waals surface area contributed by atoms with Crippen LogP contribution in [0.5, 0.6) is 5.75 Å². The molecule has 2 aliphatic carbocycles. The zero-order valence-electron chi connectivity index (χ0n) is 13.4. The van der Waals surface area contributed by atoms with Gasteiger partial charge in [0.05, 0.1) is 0 Å². The quantitative estimate of drug-likeness (QED) is 0.861. The molecule has 0 heterocycles. The second-order valence-electron chi connectivity index (χ2n) is 6.79. The number of nitrogens with one attached hydrogen (secondary N) is 1. The Bertz CT molecular complexity index is 508. The van der Waals surface area contributed by atoms with Crippen LogP contribution in [0.4, 0.5) is 0 Å². The van der Waals surface area contributed by atoms with Gasteiger partial charge in [-0.1, -0.05) is 13.0 Å². The van der Waals surface area contributed by atoms with Crippen molar-refractivity contribution in [3.8, 4) is 5.75 Å². The molecule has 2 aliphatic rings. The van der Waals surface area contributed by atoms with Crippen LogP contribution < -0.4 is 5.32 Å². The van der Waals surface area contributed by atoms with Gasteiger partial charge in [-0.3, -0.25) is 0 Å². The molecule has 1 fully saturated rings. The Hall–Kier alpha value is -0.670. The second kappa shape index (κ2) is 6.21. The van der Waals surface area contributed by atoms with E-state index >= 15 is 0 Å². The predicted octanol–water partition coefficient (Wildman–Crippen LogP) is 4.51. The Kier molecular flexibility index (Phi) is 4.51. The van der Waals surface area contributed by atoms with Gasteiger partial charge >= 0.3 is 0 Å². The highest BCUT2D eigenvalue weighted by Gasteiger charge is 2.34. The number of phenolic OH excluding ortho intramolecular Hbond substituents is 1. The van der Waals surface area contributed by atoms with E-state index in [4.69, 9.17) is 0 Å². The molecule has 2 atom stereocenters. The van der Waals surface area contributed by atoms with Gasteiger partial charge in [0.15, 0.2) is 0 Å². The normalized spacial score (nSPS) is 32.1. The Morgan fingerprint density at radius 2 is 1.86 bits per heavy atom. The summed E-state index contributed by atoms with van der Waals surface area (Å²) >= 11 is 2.02. The molecule has 0 bridgehead atoms. The molecule has 0 radical (unpaired) electrons. The summed E-state index contributed by atoms with van der Waals surface area (Å²) in [5.41, 5.74) is 3.88. The third kappa shape index (κ3) is 2.95. The van der Waals surface area contributed by atoms with E-state index in [1.807, 2.05) is 17.8 Å². The number of hydrogen-bond donors (Lipinski definition) is 2. The molecule has 2 N–H and O–H groups in total. The summed E-state index contributed by atoms with van der Waals surface area (Å²) in [6.45, 7) is 4.46. The van der Waals surface area contributed by atoms with Crippen LogP contribution in [0.15, 0.2) is 12.1 Å². The maximum absolute atomic E-state index is 10.3. The van der Waals surface area contributed by atoms with Crippen molar-refractivity contribution in [1.82, 2.24) is 5.32 Å². The number of hydrogen-bond acceptors (Lipinski definition) is 3. The molecular weight excluding hydrogens is 278 g/mol. The molecule has 0 aromatic heterocycles. The minimum atomic E-state index is 0.339. The van der Waals surface area contributed by atoms with E-state index in [1.54, 1.807) is 0 Å². The summed E-state index contributed by atoms with van der Waals surface area (Å²) < 4.78 is 0. The lowest BCUT2D eigenvalue weighted by Gasteiger charge is -2.31. The van der Waals surface area contributed by atoms with E-state index in [2.05, 4.69) is 31.5 Å². The second-order valence-corrected chi connectivity index (χ2v) is 7.93. The van der Waals surface area contributed by atoms with Crippen molar-refractivity contribution in [2.75, 3.05) is 6.26 Å². The number of fused-ring (bicyclic) bond motifs is 1. The summed E-state index contributed by atoms with van der Waals surface area (Å²) in [7, 11) is 0. The highest BCUT2D eigenvalue weighted by Crippen LogP contribution is 2.46. The fourth-order valence-corrected chi connectivity index (χ4v) is 4.99. The number of aromatic hydroxyl groups is 1. The Morgan fingerprint density at radius 1 is 1.14 bits per heavy atom. The molecule has 0 spiro atoms. The maximum Gasteiger partial charge on any atom is 0.120 e. The van der Waals surface area contributed by atoms with Crippen LogP contribution in [-0.4, -0.2) is 22.7 Å². The molecule has 1 aromatic rings. The minimum absolute atomic E-state index is 0.339. The molecule has 2 unspecified atom stereocenters. The summed E-state index contributed by atoms with van der Waals surface area (Å²) in [6.07, 6.45) is 8.56. The molecule has 1 saturated carbocycles. The number of phenols is 1. The number of aryl methyl sites for hydroxylation is 1. The molecule has 3 rings (SSSR count). The van der Waals surface area contributed by atoms with Crippen LogP contribution in [0.2, 0.25) is 0 Å². The molecule has 0 aliphatic heterocycles. The lowest BCUT2D eigenvalue weighted by molar-refractivity contribution is 0.334. The molecule has 2 nitrogen and oxygen atoms in total. The largest absolute Gasteiger partial charge is 0.508 e. The van der Waals surface area contributed by atoms with E-state index in [1.165, 1.54) is 42.4 Å². The number of thioether (sulfide) groups is 1. The van der Waals surface area contributed by atoms with Crippen LogP contribution in [-0.2, 0) is 0 Å². The van der Waals surface area contributed by atoms with Crippen molar-refractivity contribution in [2.45, 2.75) is 69.2 Å². The van der Waals surface area contributed by atoms with E-state index < -0.39 is 0 Å². The first-order valence-corrected chi connectivity index (χ1v) is 9.50. The summed E-state index contributed by atoms with van der Waals surface area (Å²) in [6, 6.07) is 4.88.